The van der Waals surface area contributed by atoms with Crippen LogP contribution in [0.2, 0.25) is 0 Å². The molecule has 1 aliphatic heterocycles. The van der Waals surface area contributed by atoms with Crippen LogP contribution < -0.4 is 5.32 Å². The molecule has 3 rings (SSSR count). The topological polar surface area (TPSA) is 63.0 Å². The number of aromatic hydroxyl groups is 1. The lowest BCUT2D eigenvalue weighted by atomic mass is 9.92. The molecule has 0 radical (unpaired) electrons. The van der Waals surface area contributed by atoms with E-state index in [4.69, 9.17) is 0 Å². The molecule has 0 aliphatic carbocycles. The largest absolute Gasteiger partial charge is 0.508 e. The Morgan fingerprint density at radius 3 is 3.22 bits per heavy atom. The minimum atomic E-state index is 0.0656. The molecule has 2 aromatic rings. The lowest BCUT2D eigenvalue weighted by Gasteiger charge is -2.27. The molecule has 0 saturated heterocycles. The van der Waals surface area contributed by atoms with Crippen LogP contribution in [-0.4, -0.2) is 26.6 Å². The van der Waals surface area contributed by atoms with Crippen molar-refractivity contribution in [2.75, 3.05) is 6.54 Å². The number of rotatable bonds is 2. The zero-order valence-electron chi connectivity index (χ0n) is 10.3. The van der Waals surface area contributed by atoms with Crippen LogP contribution in [0, 0.1) is 0 Å². The second-order valence-electron chi connectivity index (χ2n) is 4.49. The highest BCUT2D eigenvalue weighted by Crippen LogP contribution is 2.30. The second kappa shape index (κ2) is 4.42. The minimum absolute atomic E-state index is 0.0656. The van der Waals surface area contributed by atoms with Gasteiger partial charge in [0, 0.05) is 13.1 Å². The van der Waals surface area contributed by atoms with Crippen LogP contribution >= 0.6 is 0 Å². The molecule has 18 heavy (non-hydrogen) atoms. The maximum atomic E-state index is 9.66. The summed E-state index contributed by atoms with van der Waals surface area (Å²) in [7, 11) is 0. The van der Waals surface area contributed by atoms with E-state index in [-0.39, 0.29) is 6.04 Å². The fourth-order valence-corrected chi connectivity index (χ4v) is 2.54. The van der Waals surface area contributed by atoms with E-state index in [1.807, 2.05) is 23.7 Å². The SMILES string of the molecule is CCn1nncc1C1NCCc2ccc(O)cc21. The highest BCUT2D eigenvalue weighted by Gasteiger charge is 2.24. The maximum Gasteiger partial charge on any atom is 0.115 e. The number of benzene rings is 1. The van der Waals surface area contributed by atoms with Gasteiger partial charge in [0.05, 0.1) is 17.9 Å². The summed E-state index contributed by atoms with van der Waals surface area (Å²) < 4.78 is 1.89. The fourth-order valence-electron chi connectivity index (χ4n) is 2.54. The third kappa shape index (κ3) is 1.76. The molecule has 2 N–H and O–H groups in total. The Balaban J connectivity index is 2.08. The molecule has 1 aromatic heterocycles. The Kier molecular flexibility index (Phi) is 2.76. The van der Waals surface area contributed by atoms with Crippen molar-refractivity contribution in [3.8, 4) is 5.75 Å². The van der Waals surface area contributed by atoms with Gasteiger partial charge in [-0.1, -0.05) is 11.3 Å². The molecule has 0 amide bonds. The molecule has 0 fully saturated rings. The highest BCUT2D eigenvalue weighted by molar-refractivity contribution is 5.41. The molecule has 1 unspecified atom stereocenters. The third-order valence-electron chi connectivity index (χ3n) is 3.43. The molecular formula is C13H16N4O. The standard InChI is InChI=1S/C13H16N4O/c1-2-17-12(8-15-16-17)13-11-7-10(18)4-3-9(11)5-6-14-13/h3-4,7-8,13-14,18H,2,5-6H2,1H3. The molecule has 1 aromatic carbocycles. The van der Waals surface area contributed by atoms with Crippen LogP contribution in [0.3, 0.4) is 0 Å². The minimum Gasteiger partial charge on any atom is -0.508 e. The summed E-state index contributed by atoms with van der Waals surface area (Å²) in [6, 6.07) is 5.64. The van der Waals surface area contributed by atoms with Crippen LogP contribution in [0.4, 0.5) is 0 Å². The lowest BCUT2D eigenvalue weighted by Crippen LogP contribution is -2.32. The third-order valence-corrected chi connectivity index (χ3v) is 3.43. The Labute approximate surface area is 105 Å². The quantitative estimate of drug-likeness (QED) is 0.834. The normalized spacial score (nSPS) is 18.6. The molecule has 2 heterocycles. The zero-order valence-corrected chi connectivity index (χ0v) is 10.3. The summed E-state index contributed by atoms with van der Waals surface area (Å²) in [4.78, 5) is 0. The number of fused-ring (bicyclic) bond motifs is 1. The molecule has 0 spiro atoms. The van der Waals surface area contributed by atoms with E-state index in [0.29, 0.717) is 5.75 Å². The van der Waals surface area contributed by atoms with Gasteiger partial charge in [-0.2, -0.15) is 0 Å². The summed E-state index contributed by atoms with van der Waals surface area (Å²) in [5.74, 6) is 0.304. The summed E-state index contributed by atoms with van der Waals surface area (Å²) in [6.45, 7) is 3.77. The molecule has 1 aliphatic rings. The van der Waals surface area contributed by atoms with E-state index >= 15 is 0 Å². The number of nitrogens with one attached hydrogen (secondary N) is 1. The van der Waals surface area contributed by atoms with Gasteiger partial charge in [-0.3, -0.25) is 0 Å². The Bertz CT molecular complexity index is 564. The Morgan fingerprint density at radius 2 is 2.39 bits per heavy atom. The Hall–Kier alpha value is -1.88. The Morgan fingerprint density at radius 1 is 1.50 bits per heavy atom. The van der Waals surface area contributed by atoms with Crippen molar-refractivity contribution < 1.29 is 5.11 Å². The van der Waals surface area contributed by atoms with Gasteiger partial charge in [0.25, 0.3) is 0 Å². The van der Waals surface area contributed by atoms with Gasteiger partial charge >= 0.3 is 0 Å². The van der Waals surface area contributed by atoms with Crippen molar-refractivity contribution in [1.29, 1.82) is 0 Å². The fraction of sp³-hybridized carbons (Fsp3) is 0.385. The predicted octanol–water partition coefficient (Wildman–Crippen LogP) is 1.24. The van der Waals surface area contributed by atoms with E-state index in [1.54, 1.807) is 12.3 Å². The monoisotopic (exact) mass is 244 g/mol. The number of nitrogens with zero attached hydrogens (tertiary/aromatic N) is 3. The molecule has 5 nitrogen and oxygen atoms in total. The van der Waals surface area contributed by atoms with Gasteiger partial charge in [-0.15, -0.1) is 5.10 Å². The summed E-state index contributed by atoms with van der Waals surface area (Å²) >= 11 is 0. The smallest absolute Gasteiger partial charge is 0.115 e. The van der Waals surface area contributed by atoms with Gasteiger partial charge in [0.2, 0.25) is 0 Å². The average Bonchev–Trinajstić information content (AvgIpc) is 2.86. The van der Waals surface area contributed by atoms with Crippen LogP contribution in [-0.2, 0) is 13.0 Å². The number of phenols is 1. The lowest BCUT2D eigenvalue weighted by molar-refractivity contribution is 0.467. The number of phenolic OH excluding ortho intramolecular Hbond substituents is 1. The second-order valence-corrected chi connectivity index (χ2v) is 4.49. The molecule has 1 atom stereocenters. The first kappa shape index (κ1) is 11.2. The van der Waals surface area contributed by atoms with E-state index in [2.05, 4.69) is 15.6 Å². The maximum absolute atomic E-state index is 9.66. The van der Waals surface area contributed by atoms with Crippen LogP contribution in [0.15, 0.2) is 24.4 Å². The molecule has 5 heteroatoms. The molecule has 0 saturated carbocycles. The first-order valence-electron chi connectivity index (χ1n) is 6.23. The van der Waals surface area contributed by atoms with Crippen molar-refractivity contribution >= 4 is 0 Å². The van der Waals surface area contributed by atoms with Gasteiger partial charge in [-0.05, 0) is 36.6 Å². The van der Waals surface area contributed by atoms with Crippen molar-refractivity contribution in [2.45, 2.75) is 25.9 Å². The van der Waals surface area contributed by atoms with Crippen molar-refractivity contribution in [2.24, 2.45) is 0 Å². The van der Waals surface area contributed by atoms with Crippen molar-refractivity contribution in [1.82, 2.24) is 20.3 Å². The van der Waals surface area contributed by atoms with E-state index in [9.17, 15) is 5.11 Å². The van der Waals surface area contributed by atoms with Crippen molar-refractivity contribution in [3.63, 3.8) is 0 Å². The van der Waals surface area contributed by atoms with Gasteiger partial charge in [0.15, 0.2) is 0 Å². The summed E-state index contributed by atoms with van der Waals surface area (Å²) in [5, 5.41) is 21.2. The van der Waals surface area contributed by atoms with E-state index in [1.165, 1.54) is 5.56 Å². The van der Waals surface area contributed by atoms with Crippen molar-refractivity contribution in [3.05, 3.63) is 41.2 Å². The molecule has 0 bridgehead atoms. The molecule has 94 valence electrons. The van der Waals surface area contributed by atoms with Gasteiger partial charge in [-0.25, -0.2) is 4.68 Å². The van der Waals surface area contributed by atoms with Crippen LogP contribution in [0.1, 0.15) is 29.8 Å². The molecular weight excluding hydrogens is 228 g/mol. The summed E-state index contributed by atoms with van der Waals surface area (Å²) in [5.41, 5.74) is 3.45. The number of aromatic nitrogens is 3. The number of hydrogen-bond donors (Lipinski definition) is 2. The predicted molar refractivity (Wildman–Crippen MR) is 67.4 cm³/mol. The highest BCUT2D eigenvalue weighted by atomic mass is 16.3. The van der Waals surface area contributed by atoms with Crippen LogP contribution in [0.25, 0.3) is 0 Å². The average molecular weight is 244 g/mol. The van der Waals surface area contributed by atoms with E-state index in [0.717, 1.165) is 30.8 Å². The van der Waals surface area contributed by atoms with E-state index < -0.39 is 0 Å². The number of aryl methyl sites for hydroxylation is 1. The zero-order chi connectivity index (χ0) is 12.5. The number of hydrogen-bond acceptors (Lipinski definition) is 4. The van der Waals surface area contributed by atoms with Gasteiger partial charge in [0.1, 0.15) is 5.75 Å². The van der Waals surface area contributed by atoms with Crippen LogP contribution in [0.5, 0.6) is 5.75 Å². The first-order chi connectivity index (χ1) is 8.79. The first-order valence-corrected chi connectivity index (χ1v) is 6.23. The van der Waals surface area contributed by atoms with Gasteiger partial charge < -0.3 is 10.4 Å². The summed E-state index contributed by atoms with van der Waals surface area (Å²) in [6.07, 6.45) is 2.78.